The molecule has 27 heavy (non-hydrogen) atoms. The number of hydrogen-bond acceptors (Lipinski definition) is 5. The van der Waals surface area contributed by atoms with E-state index in [1.807, 2.05) is 13.8 Å². The van der Waals surface area contributed by atoms with Crippen molar-refractivity contribution in [2.75, 3.05) is 33.3 Å². The lowest BCUT2D eigenvalue weighted by Gasteiger charge is -2.20. The number of nitrogens with one attached hydrogen (secondary N) is 2. The van der Waals surface area contributed by atoms with Crippen LogP contribution in [0.3, 0.4) is 0 Å². The zero-order valence-electron chi connectivity index (χ0n) is 16.5. The summed E-state index contributed by atoms with van der Waals surface area (Å²) >= 11 is 0. The minimum atomic E-state index is -3.69. The number of benzene rings is 1. The molecule has 2 rings (SSSR count). The third-order valence-corrected chi connectivity index (χ3v) is 6.02. The van der Waals surface area contributed by atoms with Gasteiger partial charge in [-0.05, 0) is 58.0 Å². The van der Waals surface area contributed by atoms with E-state index in [2.05, 4.69) is 14.9 Å². The number of carbonyl (C=O) groups excluding carboxylic acids is 1. The number of rotatable bonds is 8. The summed E-state index contributed by atoms with van der Waals surface area (Å²) in [4.78, 5) is 14.7. The van der Waals surface area contributed by atoms with Gasteiger partial charge in [-0.1, -0.05) is 12.8 Å². The Bertz CT molecular complexity index is 726. The van der Waals surface area contributed by atoms with Crippen LogP contribution in [0, 0.1) is 0 Å². The molecule has 2 N–H and O–H groups in total. The number of nitrogens with zero attached hydrogens (tertiary/aromatic N) is 1. The minimum Gasteiger partial charge on any atom is -0.496 e. The molecular formula is C19H31N3O4S. The van der Waals surface area contributed by atoms with Crippen molar-refractivity contribution in [1.82, 2.24) is 14.9 Å². The van der Waals surface area contributed by atoms with Gasteiger partial charge < -0.3 is 15.0 Å². The first kappa shape index (κ1) is 21.7. The van der Waals surface area contributed by atoms with Gasteiger partial charge in [-0.25, -0.2) is 13.1 Å². The van der Waals surface area contributed by atoms with E-state index in [-0.39, 0.29) is 22.4 Å². The third kappa shape index (κ3) is 6.48. The number of carbonyl (C=O) groups is 1. The summed E-state index contributed by atoms with van der Waals surface area (Å²) in [6.45, 7) is 6.76. The molecule has 1 aromatic carbocycles. The molecule has 1 amide bonds. The smallest absolute Gasteiger partial charge is 0.255 e. The van der Waals surface area contributed by atoms with E-state index in [4.69, 9.17) is 4.74 Å². The van der Waals surface area contributed by atoms with E-state index in [0.717, 1.165) is 13.1 Å². The molecule has 152 valence electrons. The molecular weight excluding hydrogens is 366 g/mol. The fourth-order valence-electron chi connectivity index (χ4n) is 3.15. The molecule has 1 fully saturated rings. The van der Waals surface area contributed by atoms with Gasteiger partial charge in [-0.15, -0.1) is 0 Å². The molecule has 0 aliphatic carbocycles. The predicted octanol–water partition coefficient (Wildman–Crippen LogP) is 1.99. The lowest BCUT2D eigenvalue weighted by Crippen LogP contribution is -2.35. The van der Waals surface area contributed by atoms with Gasteiger partial charge in [0.25, 0.3) is 5.91 Å². The summed E-state index contributed by atoms with van der Waals surface area (Å²) in [5, 5.41) is 2.76. The Kier molecular flexibility index (Phi) is 8.07. The molecule has 0 spiro atoms. The molecule has 0 saturated carbocycles. The van der Waals surface area contributed by atoms with Crippen LogP contribution in [0.1, 0.15) is 49.9 Å². The zero-order chi connectivity index (χ0) is 19.9. The van der Waals surface area contributed by atoms with Crippen LogP contribution in [0.25, 0.3) is 0 Å². The standard InChI is InChI=1S/C19H31N3O4S/c1-15(2)21-19(23)17-14-16(8-9-18(17)26-3)27(24,25)20-10-13-22-11-6-4-5-7-12-22/h8-9,14-15,20H,4-7,10-13H2,1-3H3,(H,21,23). The molecule has 1 heterocycles. The molecule has 0 aromatic heterocycles. The number of sulfonamides is 1. The monoisotopic (exact) mass is 397 g/mol. The highest BCUT2D eigenvalue weighted by molar-refractivity contribution is 7.89. The van der Waals surface area contributed by atoms with E-state index in [1.165, 1.54) is 51.0 Å². The van der Waals surface area contributed by atoms with Crippen LogP contribution in [0.4, 0.5) is 0 Å². The van der Waals surface area contributed by atoms with Gasteiger partial charge in [0.05, 0.1) is 17.6 Å². The maximum atomic E-state index is 12.6. The lowest BCUT2D eigenvalue weighted by atomic mass is 10.2. The quantitative estimate of drug-likeness (QED) is 0.700. The van der Waals surface area contributed by atoms with Crippen molar-refractivity contribution in [3.63, 3.8) is 0 Å². The summed E-state index contributed by atoms with van der Waals surface area (Å²) in [5.41, 5.74) is 0.210. The summed E-state index contributed by atoms with van der Waals surface area (Å²) in [6, 6.07) is 4.28. The predicted molar refractivity (Wildman–Crippen MR) is 106 cm³/mol. The number of likely N-dealkylation sites (tertiary alicyclic amines) is 1. The lowest BCUT2D eigenvalue weighted by molar-refractivity contribution is 0.0940. The second kappa shape index (κ2) is 10.1. The highest BCUT2D eigenvalue weighted by atomic mass is 32.2. The highest BCUT2D eigenvalue weighted by Gasteiger charge is 2.20. The average molecular weight is 398 g/mol. The van der Waals surface area contributed by atoms with Crippen LogP contribution >= 0.6 is 0 Å². The Hall–Kier alpha value is -1.64. The van der Waals surface area contributed by atoms with Crippen LogP contribution in [0.2, 0.25) is 0 Å². The molecule has 0 radical (unpaired) electrons. The molecule has 0 unspecified atom stereocenters. The Morgan fingerprint density at radius 1 is 1.19 bits per heavy atom. The maximum absolute atomic E-state index is 12.6. The van der Waals surface area contributed by atoms with Gasteiger partial charge in [0, 0.05) is 19.1 Å². The van der Waals surface area contributed by atoms with Gasteiger partial charge in [0.2, 0.25) is 10.0 Å². The van der Waals surface area contributed by atoms with Crippen LogP contribution in [0.15, 0.2) is 23.1 Å². The molecule has 1 aromatic rings. The van der Waals surface area contributed by atoms with Crippen molar-refractivity contribution >= 4 is 15.9 Å². The zero-order valence-corrected chi connectivity index (χ0v) is 17.3. The Morgan fingerprint density at radius 2 is 1.85 bits per heavy atom. The van der Waals surface area contributed by atoms with E-state index in [1.54, 1.807) is 0 Å². The van der Waals surface area contributed by atoms with E-state index >= 15 is 0 Å². The average Bonchev–Trinajstić information content (AvgIpc) is 2.89. The second-order valence-corrected chi connectivity index (χ2v) is 8.91. The Morgan fingerprint density at radius 3 is 2.44 bits per heavy atom. The van der Waals surface area contributed by atoms with E-state index < -0.39 is 10.0 Å². The molecule has 0 bridgehead atoms. The Balaban J connectivity index is 2.07. The third-order valence-electron chi connectivity index (χ3n) is 4.56. The molecule has 0 atom stereocenters. The normalized spacial score (nSPS) is 16.1. The van der Waals surface area contributed by atoms with Crippen LogP contribution in [-0.2, 0) is 10.0 Å². The number of amides is 1. The van der Waals surface area contributed by atoms with Crippen LogP contribution in [-0.4, -0.2) is 58.6 Å². The molecule has 1 saturated heterocycles. The van der Waals surface area contributed by atoms with Crippen LogP contribution < -0.4 is 14.8 Å². The van der Waals surface area contributed by atoms with Crippen molar-refractivity contribution in [2.24, 2.45) is 0 Å². The van der Waals surface area contributed by atoms with Crippen molar-refractivity contribution < 1.29 is 17.9 Å². The van der Waals surface area contributed by atoms with Crippen molar-refractivity contribution in [3.8, 4) is 5.75 Å². The Labute approximate surface area is 162 Å². The minimum absolute atomic E-state index is 0.0609. The van der Waals surface area contributed by atoms with E-state index in [0.29, 0.717) is 18.8 Å². The summed E-state index contributed by atoms with van der Waals surface area (Å²) in [5.74, 6) is -0.0138. The highest BCUT2D eigenvalue weighted by Crippen LogP contribution is 2.22. The van der Waals surface area contributed by atoms with Gasteiger partial charge in [0.1, 0.15) is 5.75 Å². The van der Waals surface area contributed by atoms with Crippen molar-refractivity contribution in [1.29, 1.82) is 0 Å². The molecule has 8 heteroatoms. The van der Waals surface area contributed by atoms with Gasteiger partial charge in [-0.2, -0.15) is 0 Å². The number of methoxy groups -OCH3 is 1. The fourth-order valence-corrected chi connectivity index (χ4v) is 4.20. The van der Waals surface area contributed by atoms with Crippen molar-refractivity contribution in [3.05, 3.63) is 23.8 Å². The molecule has 1 aliphatic rings. The fraction of sp³-hybridized carbons (Fsp3) is 0.632. The first-order chi connectivity index (χ1) is 12.8. The number of ether oxygens (including phenoxy) is 1. The summed E-state index contributed by atoms with van der Waals surface area (Å²) in [7, 11) is -2.24. The van der Waals surface area contributed by atoms with E-state index in [9.17, 15) is 13.2 Å². The number of hydrogen-bond donors (Lipinski definition) is 2. The van der Waals surface area contributed by atoms with Crippen LogP contribution in [0.5, 0.6) is 5.75 Å². The topological polar surface area (TPSA) is 87.7 Å². The van der Waals surface area contributed by atoms with Gasteiger partial charge in [0.15, 0.2) is 0 Å². The largest absolute Gasteiger partial charge is 0.496 e. The second-order valence-electron chi connectivity index (χ2n) is 7.14. The first-order valence-corrected chi connectivity index (χ1v) is 11.0. The maximum Gasteiger partial charge on any atom is 0.255 e. The molecule has 1 aliphatic heterocycles. The summed E-state index contributed by atoms with van der Waals surface area (Å²) in [6.07, 6.45) is 4.82. The van der Waals surface area contributed by atoms with Crippen molar-refractivity contribution in [2.45, 2.75) is 50.5 Å². The molecule has 7 nitrogen and oxygen atoms in total. The first-order valence-electron chi connectivity index (χ1n) is 9.54. The SMILES string of the molecule is COc1ccc(S(=O)(=O)NCCN2CCCCCC2)cc1C(=O)NC(C)C. The van der Waals surface area contributed by atoms with Gasteiger partial charge >= 0.3 is 0 Å². The summed E-state index contributed by atoms with van der Waals surface area (Å²) < 4.78 is 33.1. The van der Waals surface area contributed by atoms with Gasteiger partial charge in [-0.3, -0.25) is 4.79 Å².